The molecule has 32 heavy (non-hydrogen) atoms. The highest BCUT2D eigenvalue weighted by molar-refractivity contribution is 7.21. The van der Waals surface area contributed by atoms with Crippen molar-refractivity contribution in [3.63, 3.8) is 0 Å². The third kappa shape index (κ3) is 4.59. The van der Waals surface area contributed by atoms with Gasteiger partial charge in [0.1, 0.15) is 21.2 Å². The number of amides is 1. The normalized spacial score (nSPS) is 11.4. The van der Waals surface area contributed by atoms with E-state index < -0.39 is 12.3 Å². The van der Waals surface area contributed by atoms with Crippen molar-refractivity contribution < 1.29 is 27.4 Å². The monoisotopic (exact) mass is 459 g/mol. The van der Waals surface area contributed by atoms with Gasteiger partial charge in [0.05, 0.1) is 18.5 Å². The number of nitrogens with zero attached hydrogens (tertiary/aromatic N) is 1. The van der Waals surface area contributed by atoms with Crippen LogP contribution < -0.4 is 20.5 Å². The number of alkyl halides is 3. The van der Waals surface area contributed by atoms with Crippen LogP contribution in [0.15, 0.2) is 60.7 Å². The molecule has 0 spiro atoms. The van der Waals surface area contributed by atoms with Crippen LogP contribution in [0.2, 0.25) is 0 Å². The molecule has 164 valence electrons. The van der Waals surface area contributed by atoms with Gasteiger partial charge in [-0.2, -0.15) is 0 Å². The second-order valence-electron chi connectivity index (χ2n) is 6.65. The molecule has 0 fully saturated rings. The zero-order valence-electron chi connectivity index (χ0n) is 16.6. The van der Waals surface area contributed by atoms with Crippen molar-refractivity contribution in [3.05, 3.63) is 65.5 Å². The molecule has 0 aliphatic rings. The number of carbonyl (C=O) groups excluding carboxylic acids is 1. The van der Waals surface area contributed by atoms with Gasteiger partial charge < -0.3 is 20.5 Å². The molecule has 0 aliphatic carbocycles. The molecule has 10 heteroatoms. The number of benzene rings is 2. The predicted molar refractivity (Wildman–Crippen MR) is 117 cm³/mol. The van der Waals surface area contributed by atoms with Gasteiger partial charge in [-0.05, 0) is 48.5 Å². The first-order valence-electron chi connectivity index (χ1n) is 9.24. The Morgan fingerprint density at radius 3 is 2.50 bits per heavy atom. The Hall–Kier alpha value is -3.79. The van der Waals surface area contributed by atoms with E-state index in [4.69, 9.17) is 10.5 Å². The number of nitrogen functional groups attached to an aromatic ring is 1. The number of carbonyl (C=O) groups is 1. The van der Waals surface area contributed by atoms with Gasteiger partial charge in [-0.25, -0.2) is 4.98 Å². The predicted octanol–water partition coefficient (Wildman–Crippen LogP) is 5.71. The topological polar surface area (TPSA) is 86.5 Å². The Balaban J connectivity index is 1.57. The van der Waals surface area contributed by atoms with E-state index in [1.54, 1.807) is 19.2 Å². The number of nitrogens with two attached hydrogens (primary N) is 1. The lowest BCUT2D eigenvalue weighted by Crippen LogP contribution is -2.17. The zero-order valence-corrected chi connectivity index (χ0v) is 17.4. The summed E-state index contributed by atoms with van der Waals surface area (Å²) in [6.07, 6.45) is -4.78. The van der Waals surface area contributed by atoms with Gasteiger partial charge in [0.2, 0.25) is 0 Å². The van der Waals surface area contributed by atoms with Crippen molar-refractivity contribution in [2.75, 3.05) is 18.2 Å². The lowest BCUT2D eigenvalue weighted by atomic mass is 10.1. The molecule has 2 heterocycles. The molecule has 0 saturated heterocycles. The number of nitrogens with one attached hydrogen (secondary N) is 1. The van der Waals surface area contributed by atoms with Crippen LogP contribution >= 0.6 is 11.3 Å². The molecule has 0 radical (unpaired) electrons. The first-order chi connectivity index (χ1) is 15.2. The van der Waals surface area contributed by atoms with Gasteiger partial charge >= 0.3 is 6.36 Å². The molecule has 6 nitrogen and oxygen atoms in total. The van der Waals surface area contributed by atoms with Crippen LogP contribution in [0.5, 0.6) is 11.5 Å². The molecule has 3 N–H and O–H groups in total. The first kappa shape index (κ1) is 21.4. The highest BCUT2D eigenvalue weighted by Gasteiger charge is 2.31. The summed E-state index contributed by atoms with van der Waals surface area (Å²) in [5, 5.41) is 3.26. The first-order valence-corrected chi connectivity index (χ1v) is 10.1. The van der Waals surface area contributed by atoms with E-state index in [2.05, 4.69) is 15.0 Å². The van der Waals surface area contributed by atoms with Gasteiger partial charge in [0, 0.05) is 16.6 Å². The lowest BCUT2D eigenvalue weighted by Gasteiger charge is -2.09. The minimum absolute atomic E-state index is 0.255. The van der Waals surface area contributed by atoms with Crippen molar-refractivity contribution in [2.45, 2.75) is 6.36 Å². The van der Waals surface area contributed by atoms with Crippen molar-refractivity contribution in [1.82, 2.24) is 4.98 Å². The van der Waals surface area contributed by atoms with Gasteiger partial charge in [-0.1, -0.05) is 12.1 Å². The van der Waals surface area contributed by atoms with Crippen molar-refractivity contribution in [3.8, 4) is 22.8 Å². The van der Waals surface area contributed by atoms with Crippen LogP contribution in [0.3, 0.4) is 0 Å². The van der Waals surface area contributed by atoms with Crippen LogP contribution in [0, 0.1) is 0 Å². The quantitative estimate of drug-likeness (QED) is 0.400. The van der Waals surface area contributed by atoms with Crippen LogP contribution in [-0.2, 0) is 0 Å². The third-order valence-electron chi connectivity index (χ3n) is 4.51. The fourth-order valence-electron chi connectivity index (χ4n) is 3.04. The largest absolute Gasteiger partial charge is 0.573 e. The van der Waals surface area contributed by atoms with Crippen molar-refractivity contribution in [2.24, 2.45) is 0 Å². The molecule has 0 atom stereocenters. The van der Waals surface area contributed by atoms with E-state index in [-0.39, 0.29) is 16.3 Å². The number of fused-ring (bicyclic) bond motifs is 1. The van der Waals surface area contributed by atoms with Gasteiger partial charge in [0.15, 0.2) is 0 Å². The number of hydrogen-bond acceptors (Lipinski definition) is 6. The average Bonchev–Trinajstić information content (AvgIpc) is 3.10. The standard InChI is InChI=1S/C22H16F3N3O3S/c1-30-15-4-2-3-12(11-15)17-10-9-16-18(26)19(32-21(16)28-17)20(29)27-13-5-7-14(8-6-13)31-22(23,24)25/h2-11H,26H2,1H3,(H,27,29). The average molecular weight is 459 g/mol. The number of aromatic nitrogens is 1. The molecular formula is C22H16F3N3O3S. The number of halogens is 3. The van der Waals surface area contributed by atoms with Crippen molar-refractivity contribution >= 4 is 38.8 Å². The molecule has 0 bridgehead atoms. The summed E-state index contributed by atoms with van der Waals surface area (Å²) >= 11 is 1.13. The maximum absolute atomic E-state index is 12.7. The highest BCUT2D eigenvalue weighted by Crippen LogP contribution is 2.35. The molecule has 4 aromatic rings. The Kier molecular flexibility index (Phi) is 5.62. The highest BCUT2D eigenvalue weighted by atomic mass is 32.1. The van der Waals surface area contributed by atoms with Crippen LogP contribution in [0.4, 0.5) is 24.5 Å². The molecular weight excluding hydrogens is 443 g/mol. The number of thiophene rings is 1. The van der Waals surface area contributed by atoms with Gasteiger partial charge in [-0.15, -0.1) is 24.5 Å². The fraction of sp³-hybridized carbons (Fsp3) is 0.0909. The molecule has 0 saturated carbocycles. The number of methoxy groups -OCH3 is 1. The van der Waals surface area contributed by atoms with E-state index in [0.29, 0.717) is 27.3 Å². The Morgan fingerprint density at radius 2 is 1.81 bits per heavy atom. The number of anilines is 2. The summed E-state index contributed by atoms with van der Waals surface area (Å²) in [5.41, 5.74) is 8.30. The SMILES string of the molecule is COc1cccc(-c2ccc3c(N)c(C(=O)Nc4ccc(OC(F)(F)F)cc4)sc3n2)c1. The van der Waals surface area contributed by atoms with Crippen LogP contribution in [0.1, 0.15) is 9.67 Å². The molecule has 0 aliphatic heterocycles. The summed E-state index contributed by atoms with van der Waals surface area (Å²) < 4.78 is 45.9. The molecule has 2 aromatic heterocycles. The summed E-state index contributed by atoms with van der Waals surface area (Å²) in [4.78, 5) is 18.2. The van der Waals surface area contributed by atoms with E-state index in [0.717, 1.165) is 29.0 Å². The van der Waals surface area contributed by atoms with E-state index in [1.807, 2.05) is 24.3 Å². The molecule has 0 unspecified atom stereocenters. The maximum atomic E-state index is 12.7. The minimum Gasteiger partial charge on any atom is -0.497 e. The van der Waals surface area contributed by atoms with Gasteiger partial charge in [-0.3, -0.25) is 4.79 Å². The smallest absolute Gasteiger partial charge is 0.497 e. The Morgan fingerprint density at radius 1 is 1.06 bits per heavy atom. The summed E-state index contributed by atoms with van der Waals surface area (Å²) in [6, 6.07) is 15.9. The summed E-state index contributed by atoms with van der Waals surface area (Å²) in [6.45, 7) is 0. The van der Waals surface area contributed by atoms with Crippen LogP contribution in [0.25, 0.3) is 21.5 Å². The Labute approximate surface area is 184 Å². The molecule has 2 aromatic carbocycles. The summed E-state index contributed by atoms with van der Waals surface area (Å²) in [5.74, 6) is -0.175. The van der Waals surface area contributed by atoms with Crippen molar-refractivity contribution in [1.29, 1.82) is 0 Å². The number of ether oxygens (including phenoxy) is 2. The molecule has 4 rings (SSSR count). The Bertz CT molecular complexity index is 1290. The minimum atomic E-state index is -4.78. The summed E-state index contributed by atoms with van der Waals surface area (Å²) in [7, 11) is 1.58. The zero-order chi connectivity index (χ0) is 22.9. The second-order valence-corrected chi connectivity index (χ2v) is 7.65. The fourth-order valence-corrected chi connectivity index (χ4v) is 4.03. The number of hydrogen-bond donors (Lipinski definition) is 2. The van der Waals surface area contributed by atoms with E-state index in [9.17, 15) is 18.0 Å². The van der Waals surface area contributed by atoms with Gasteiger partial charge in [0.25, 0.3) is 5.91 Å². The van der Waals surface area contributed by atoms with E-state index >= 15 is 0 Å². The second kappa shape index (κ2) is 8.39. The maximum Gasteiger partial charge on any atom is 0.573 e. The number of rotatable bonds is 5. The lowest BCUT2D eigenvalue weighted by molar-refractivity contribution is -0.274. The van der Waals surface area contributed by atoms with Crippen LogP contribution in [-0.4, -0.2) is 24.4 Å². The van der Waals surface area contributed by atoms with E-state index in [1.165, 1.54) is 12.1 Å². The third-order valence-corrected chi connectivity index (χ3v) is 5.63. The molecule has 1 amide bonds. The number of pyridine rings is 1.